The van der Waals surface area contributed by atoms with Crippen LogP contribution >= 0.6 is 11.3 Å². The minimum atomic E-state index is -0.769. The highest BCUT2D eigenvalue weighted by atomic mass is 32.1. The van der Waals surface area contributed by atoms with Crippen molar-refractivity contribution in [2.75, 3.05) is 25.4 Å². The fraction of sp³-hybridized carbons (Fsp3) is 0.577. The number of thiazole rings is 1. The maximum atomic E-state index is 13.2. The number of nitrogens with two attached hydrogens (primary N) is 1. The van der Waals surface area contributed by atoms with Crippen LogP contribution in [0.4, 0.5) is 5.13 Å². The van der Waals surface area contributed by atoms with E-state index in [4.69, 9.17) is 15.3 Å². The van der Waals surface area contributed by atoms with Gasteiger partial charge in [-0.25, -0.2) is 4.98 Å². The minimum absolute atomic E-state index is 0.00351. The van der Waals surface area contributed by atoms with Crippen LogP contribution in [0, 0.1) is 5.92 Å². The third-order valence-corrected chi connectivity index (χ3v) is 7.99. The number of fused-ring (bicyclic) bond motifs is 1. The molecule has 3 fully saturated rings. The Balaban J connectivity index is 1.27. The van der Waals surface area contributed by atoms with Crippen molar-refractivity contribution in [3.8, 4) is 0 Å². The number of aromatic nitrogens is 1. The van der Waals surface area contributed by atoms with Crippen molar-refractivity contribution in [3.63, 3.8) is 0 Å². The number of hydrogen-bond donors (Lipinski definition) is 2. The zero-order valence-corrected chi connectivity index (χ0v) is 22.8. The Kier molecular flexibility index (Phi) is 7.42. The number of likely N-dealkylation sites (tertiary alicyclic amines) is 1. The van der Waals surface area contributed by atoms with Crippen LogP contribution in [0.5, 0.6) is 0 Å². The first-order valence-corrected chi connectivity index (χ1v) is 14.0. The Labute approximate surface area is 225 Å². The highest BCUT2D eigenvalue weighted by molar-refractivity contribution is 7.13. The van der Waals surface area contributed by atoms with E-state index in [1.807, 2.05) is 4.90 Å². The van der Waals surface area contributed by atoms with E-state index < -0.39 is 11.9 Å². The van der Waals surface area contributed by atoms with E-state index in [1.54, 1.807) is 23.3 Å². The number of anilines is 1. The second kappa shape index (κ2) is 10.8. The number of nitrogen functional groups attached to an aromatic ring is 1. The Bertz CT molecular complexity index is 1210. The predicted molar refractivity (Wildman–Crippen MR) is 142 cm³/mol. The molecular formula is C26H34N6O5S. The lowest BCUT2D eigenvalue weighted by molar-refractivity contribution is -0.154. The molecule has 1 saturated carbocycles. The van der Waals surface area contributed by atoms with Crippen molar-refractivity contribution >= 4 is 39.9 Å². The molecule has 2 atom stereocenters. The summed E-state index contributed by atoms with van der Waals surface area (Å²) in [5, 5.41) is 8.87. The summed E-state index contributed by atoms with van der Waals surface area (Å²) in [5.74, 6) is 0.124. The summed E-state index contributed by atoms with van der Waals surface area (Å²) < 4.78 is 5.98. The lowest BCUT2D eigenvalue weighted by Crippen LogP contribution is -2.72. The summed E-state index contributed by atoms with van der Waals surface area (Å²) in [6.07, 6.45) is 6.27. The van der Waals surface area contributed by atoms with Crippen molar-refractivity contribution in [1.29, 1.82) is 0 Å². The number of ether oxygens (including phenoxy) is 1. The topological polar surface area (TPSA) is 139 Å². The molecule has 3 amide bonds. The normalized spacial score (nSPS) is 25.3. The van der Waals surface area contributed by atoms with Crippen LogP contribution in [0.1, 0.15) is 58.6 Å². The highest BCUT2D eigenvalue weighted by Crippen LogP contribution is 2.34. The van der Waals surface area contributed by atoms with Gasteiger partial charge in [-0.1, -0.05) is 19.0 Å². The van der Waals surface area contributed by atoms with E-state index in [-0.39, 0.29) is 36.3 Å². The van der Waals surface area contributed by atoms with Gasteiger partial charge in [0.2, 0.25) is 5.91 Å². The zero-order valence-electron chi connectivity index (χ0n) is 21.9. The average Bonchev–Trinajstić information content (AvgIpc) is 3.62. The molecule has 0 radical (unpaired) electrons. The number of oxime groups is 1. The summed E-state index contributed by atoms with van der Waals surface area (Å²) in [6.45, 7) is 7.56. The van der Waals surface area contributed by atoms with Gasteiger partial charge >= 0.3 is 0 Å². The molecule has 1 aliphatic carbocycles. The summed E-state index contributed by atoms with van der Waals surface area (Å²) in [7, 11) is 0. The van der Waals surface area contributed by atoms with Gasteiger partial charge in [-0.05, 0) is 51.0 Å². The van der Waals surface area contributed by atoms with Gasteiger partial charge in [0.05, 0.1) is 5.70 Å². The van der Waals surface area contributed by atoms with Gasteiger partial charge in [0.25, 0.3) is 11.8 Å². The van der Waals surface area contributed by atoms with Crippen molar-refractivity contribution in [3.05, 3.63) is 34.2 Å². The van der Waals surface area contributed by atoms with Crippen molar-refractivity contribution < 1.29 is 24.0 Å². The van der Waals surface area contributed by atoms with Crippen LogP contribution < -0.4 is 11.1 Å². The summed E-state index contributed by atoms with van der Waals surface area (Å²) in [4.78, 5) is 52.4. The van der Waals surface area contributed by atoms with Crippen LogP contribution in [-0.2, 0) is 24.0 Å². The molecule has 11 nitrogen and oxygen atoms in total. The Morgan fingerprint density at radius 3 is 2.82 bits per heavy atom. The van der Waals surface area contributed by atoms with Gasteiger partial charge in [0.15, 0.2) is 10.8 Å². The molecule has 38 heavy (non-hydrogen) atoms. The zero-order chi connectivity index (χ0) is 27.0. The quantitative estimate of drug-likeness (QED) is 0.222. The molecule has 2 saturated heterocycles. The Hall–Kier alpha value is -3.41. The molecule has 5 rings (SSSR count). The molecule has 204 valence electrons. The maximum absolute atomic E-state index is 13.2. The summed E-state index contributed by atoms with van der Waals surface area (Å²) in [6, 6.07) is -1.13. The SMILES string of the molecule is CC1=C(/C=C2\CCN(CC(C)C)C2=O)OCC2C(NC(=O)/C(=N\OC3CCCC3)c3csc(N)n3)C(=O)N12. The second-order valence-corrected chi connectivity index (χ2v) is 11.5. The van der Waals surface area contributed by atoms with Crippen LogP contribution in [0.15, 0.2) is 33.6 Å². The minimum Gasteiger partial charge on any atom is -0.489 e. The van der Waals surface area contributed by atoms with Crippen LogP contribution in [0.2, 0.25) is 0 Å². The number of allylic oxidation sites excluding steroid dienone is 2. The Morgan fingerprint density at radius 2 is 2.13 bits per heavy atom. The lowest BCUT2D eigenvalue weighted by atomic mass is 9.92. The molecule has 1 aromatic heterocycles. The second-order valence-electron chi connectivity index (χ2n) is 10.6. The summed E-state index contributed by atoms with van der Waals surface area (Å²) >= 11 is 1.20. The van der Waals surface area contributed by atoms with E-state index >= 15 is 0 Å². The molecule has 4 aliphatic rings. The highest BCUT2D eigenvalue weighted by Gasteiger charge is 2.52. The van der Waals surface area contributed by atoms with E-state index in [9.17, 15) is 14.4 Å². The number of carbonyl (C=O) groups is 3. The molecule has 3 N–H and O–H groups in total. The van der Waals surface area contributed by atoms with Crippen LogP contribution in [0.3, 0.4) is 0 Å². The summed E-state index contributed by atoms with van der Waals surface area (Å²) in [5.41, 5.74) is 7.39. The lowest BCUT2D eigenvalue weighted by Gasteiger charge is -2.49. The molecule has 12 heteroatoms. The van der Waals surface area contributed by atoms with Gasteiger partial charge < -0.3 is 30.4 Å². The first-order chi connectivity index (χ1) is 18.2. The molecule has 3 aliphatic heterocycles. The standard InChI is InChI=1S/C26H34N6O5S/c1-14(2)11-31-9-8-16(24(31)34)10-20-15(3)32-19(12-36-20)22(25(32)35)29-23(33)21(18-13-38-26(27)28-18)30-37-17-6-4-5-7-17/h10,13-14,17,19,22H,4-9,11-12H2,1-3H3,(H2,27,28)(H,29,33)/b16-10+,30-21-. The number of amides is 3. The van der Waals surface area contributed by atoms with Crippen molar-refractivity contribution in [2.45, 2.75) is 71.1 Å². The third kappa shape index (κ3) is 5.13. The third-order valence-electron chi connectivity index (χ3n) is 7.31. The number of rotatable bonds is 8. The maximum Gasteiger partial charge on any atom is 0.276 e. The molecule has 2 unspecified atom stereocenters. The number of hydrogen-bond acceptors (Lipinski definition) is 9. The van der Waals surface area contributed by atoms with E-state index in [0.717, 1.165) is 25.7 Å². The predicted octanol–water partition coefficient (Wildman–Crippen LogP) is 2.16. The van der Waals surface area contributed by atoms with Crippen LogP contribution in [-0.4, -0.2) is 76.1 Å². The molecule has 1 aromatic rings. The smallest absolute Gasteiger partial charge is 0.276 e. The van der Waals surface area contributed by atoms with Gasteiger partial charge in [-0.15, -0.1) is 11.3 Å². The molecule has 4 heterocycles. The van der Waals surface area contributed by atoms with Gasteiger partial charge in [-0.2, -0.15) is 0 Å². The van der Waals surface area contributed by atoms with Crippen molar-refractivity contribution in [2.24, 2.45) is 11.1 Å². The molecule has 0 aromatic carbocycles. The monoisotopic (exact) mass is 542 g/mol. The van der Waals surface area contributed by atoms with Crippen molar-refractivity contribution in [1.82, 2.24) is 20.1 Å². The Morgan fingerprint density at radius 1 is 1.37 bits per heavy atom. The largest absolute Gasteiger partial charge is 0.489 e. The molecular weight excluding hydrogens is 508 g/mol. The number of carbonyl (C=O) groups excluding carboxylic acids is 3. The van der Waals surface area contributed by atoms with E-state index in [2.05, 4.69) is 29.3 Å². The molecule has 0 bridgehead atoms. The first kappa shape index (κ1) is 26.2. The number of nitrogens with one attached hydrogen (secondary N) is 1. The van der Waals surface area contributed by atoms with Gasteiger partial charge in [0.1, 0.15) is 36.2 Å². The van der Waals surface area contributed by atoms with E-state index in [1.165, 1.54) is 11.3 Å². The fourth-order valence-corrected chi connectivity index (χ4v) is 5.89. The first-order valence-electron chi connectivity index (χ1n) is 13.2. The fourth-order valence-electron chi connectivity index (χ4n) is 5.34. The number of β-lactam (4-membered cyclic amide) rings is 1. The number of nitrogens with zero attached hydrogens (tertiary/aromatic N) is 4. The average molecular weight is 543 g/mol. The molecule has 0 spiro atoms. The van der Waals surface area contributed by atoms with Gasteiger partial charge in [-0.3, -0.25) is 14.4 Å². The van der Waals surface area contributed by atoms with Crippen LogP contribution in [0.25, 0.3) is 0 Å². The van der Waals surface area contributed by atoms with E-state index in [0.29, 0.717) is 53.3 Å². The van der Waals surface area contributed by atoms with Gasteiger partial charge in [0, 0.05) is 24.0 Å².